The van der Waals surface area contributed by atoms with Crippen LogP contribution < -0.4 is 16.0 Å². The molecule has 1 unspecified atom stereocenters. The number of halogens is 1. The van der Waals surface area contributed by atoms with E-state index in [0.29, 0.717) is 0 Å². The Balaban J connectivity index is 3.11. The largest absolute Gasteiger partial charge is 0.381 e. The van der Waals surface area contributed by atoms with Gasteiger partial charge in [-0.3, -0.25) is 19.7 Å². The molecule has 0 aromatic heterocycles. The van der Waals surface area contributed by atoms with Crippen molar-refractivity contribution < 1.29 is 14.5 Å². The number of nitro groups is 1. The highest BCUT2D eigenvalue weighted by atomic mass is 35.5. The second kappa shape index (κ2) is 6.89. The van der Waals surface area contributed by atoms with Gasteiger partial charge in [0.25, 0.3) is 11.6 Å². The van der Waals surface area contributed by atoms with Gasteiger partial charge < -0.3 is 16.0 Å². The van der Waals surface area contributed by atoms with Crippen molar-refractivity contribution >= 4 is 34.8 Å². The lowest BCUT2D eigenvalue weighted by Crippen LogP contribution is -2.43. The monoisotopic (exact) mass is 314 g/mol. The summed E-state index contributed by atoms with van der Waals surface area (Å²) >= 11 is 5.92. The first-order valence-electron chi connectivity index (χ1n) is 6.00. The first-order valence-corrected chi connectivity index (χ1v) is 6.37. The average molecular weight is 315 g/mol. The molecule has 0 bridgehead atoms. The normalized spacial score (nSPS) is 11.4. The minimum absolute atomic E-state index is 0.00135. The molecule has 9 heteroatoms. The minimum atomic E-state index is -0.774. The summed E-state index contributed by atoms with van der Waals surface area (Å²) in [7, 11) is 2.93. The van der Waals surface area contributed by atoms with Crippen molar-refractivity contribution in [2.75, 3.05) is 19.4 Å². The second-order valence-electron chi connectivity index (χ2n) is 4.17. The standard InChI is InChI=1S/C12H15ClN4O4/c1-6(11(18)15-3)16-12(19)7-4-8(13)10(14-2)9(5-7)17(20)21/h4-6,14H,1-3H3,(H,15,18)(H,16,19). The number of nitrogens with one attached hydrogen (secondary N) is 3. The number of hydrogen-bond donors (Lipinski definition) is 3. The number of rotatable bonds is 5. The summed E-state index contributed by atoms with van der Waals surface area (Å²) in [6.45, 7) is 1.49. The van der Waals surface area contributed by atoms with Crippen LogP contribution in [0, 0.1) is 10.1 Å². The molecular formula is C12H15ClN4O4. The number of nitro benzene ring substituents is 1. The maximum absolute atomic E-state index is 12.0. The summed E-state index contributed by atoms with van der Waals surface area (Å²) in [6.07, 6.45) is 0. The third-order valence-corrected chi connectivity index (χ3v) is 3.06. The Bertz CT molecular complexity index is 591. The van der Waals surface area contributed by atoms with E-state index in [-0.39, 0.29) is 27.9 Å². The lowest BCUT2D eigenvalue weighted by atomic mass is 10.1. The SMILES string of the molecule is CNC(=O)C(C)NC(=O)c1cc(Cl)c(NC)c([N+](=O)[O-])c1. The Morgan fingerprint density at radius 1 is 1.33 bits per heavy atom. The molecule has 0 fully saturated rings. The van der Waals surface area contributed by atoms with Gasteiger partial charge in [0.15, 0.2) is 0 Å². The van der Waals surface area contributed by atoms with Crippen molar-refractivity contribution in [1.29, 1.82) is 0 Å². The summed E-state index contributed by atoms with van der Waals surface area (Å²) in [5, 5.41) is 18.5. The average Bonchev–Trinajstić information content (AvgIpc) is 2.44. The molecule has 3 N–H and O–H groups in total. The van der Waals surface area contributed by atoms with Gasteiger partial charge in [0.05, 0.1) is 9.95 Å². The predicted molar refractivity (Wildman–Crippen MR) is 78.6 cm³/mol. The number of carbonyl (C=O) groups excluding carboxylic acids is 2. The van der Waals surface area contributed by atoms with E-state index < -0.39 is 16.9 Å². The van der Waals surface area contributed by atoms with Crippen LogP contribution in [0.1, 0.15) is 17.3 Å². The van der Waals surface area contributed by atoms with Crippen LogP contribution in [0.3, 0.4) is 0 Å². The Morgan fingerprint density at radius 2 is 1.95 bits per heavy atom. The molecule has 114 valence electrons. The van der Waals surface area contributed by atoms with Gasteiger partial charge in [-0.2, -0.15) is 0 Å². The third kappa shape index (κ3) is 3.82. The zero-order valence-corrected chi connectivity index (χ0v) is 12.4. The molecular weight excluding hydrogens is 300 g/mol. The van der Waals surface area contributed by atoms with Gasteiger partial charge in [0.1, 0.15) is 11.7 Å². The molecule has 21 heavy (non-hydrogen) atoms. The highest BCUT2D eigenvalue weighted by Crippen LogP contribution is 2.33. The molecule has 1 aromatic carbocycles. The Hall–Kier alpha value is -2.35. The number of likely N-dealkylation sites (N-methyl/N-ethyl adjacent to an activating group) is 1. The molecule has 8 nitrogen and oxygen atoms in total. The maximum atomic E-state index is 12.0. The van der Waals surface area contributed by atoms with E-state index in [4.69, 9.17) is 11.6 Å². The summed E-state index contributed by atoms with van der Waals surface area (Å²) in [6, 6.07) is 1.62. The number of carbonyl (C=O) groups is 2. The Labute approximate surface area is 126 Å². The first kappa shape index (κ1) is 16.7. The molecule has 0 aliphatic rings. The molecule has 1 aromatic rings. The molecule has 1 rings (SSSR count). The van der Waals surface area contributed by atoms with Crippen LogP contribution in [-0.4, -0.2) is 36.9 Å². The van der Waals surface area contributed by atoms with Crippen molar-refractivity contribution in [2.24, 2.45) is 0 Å². The molecule has 1 atom stereocenters. The van der Waals surface area contributed by atoms with Crippen molar-refractivity contribution in [2.45, 2.75) is 13.0 Å². The Kier molecular flexibility index (Phi) is 5.48. The van der Waals surface area contributed by atoms with E-state index in [1.807, 2.05) is 0 Å². The van der Waals surface area contributed by atoms with Gasteiger partial charge in [-0.1, -0.05) is 11.6 Å². The number of benzene rings is 1. The van der Waals surface area contributed by atoms with E-state index in [9.17, 15) is 19.7 Å². The smallest absolute Gasteiger partial charge is 0.294 e. The highest BCUT2D eigenvalue weighted by molar-refractivity contribution is 6.34. The molecule has 0 saturated heterocycles. The van der Waals surface area contributed by atoms with Crippen molar-refractivity contribution in [3.8, 4) is 0 Å². The zero-order valence-electron chi connectivity index (χ0n) is 11.7. The van der Waals surface area contributed by atoms with Crippen LogP contribution in [0.25, 0.3) is 0 Å². The molecule has 0 aliphatic carbocycles. The summed E-state index contributed by atoms with van der Waals surface area (Å²) < 4.78 is 0. The van der Waals surface area contributed by atoms with Gasteiger partial charge in [-0.05, 0) is 13.0 Å². The van der Waals surface area contributed by atoms with Gasteiger partial charge in [0.2, 0.25) is 5.91 Å². The van der Waals surface area contributed by atoms with Gasteiger partial charge in [-0.25, -0.2) is 0 Å². The quantitative estimate of drug-likeness (QED) is 0.557. The van der Waals surface area contributed by atoms with Crippen molar-refractivity contribution in [1.82, 2.24) is 10.6 Å². The van der Waals surface area contributed by atoms with Gasteiger partial charge >= 0.3 is 0 Å². The van der Waals surface area contributed by atoms with Gasteiger partial charge in [-0.15, -0.1) is 0 Å². The van der Waals surface area contributed by atoms with Crippen LogP contribution in [0.5, 0.6) is 0 Å². The van der Waals surface area contributed by atoms with E-state index in [0.717, 1.165) is 6.07 Å². The molecule has 0 radical (unpaired) electrons. The van der Waals surface area contributed by atoms with Crippen LogP contribution in [0.2, 0.25) is 5.02 Å². The summed E-state index contributed by atoms with van der Waals surface area (Å²) in [5.74, 6) is -1.01. The fourth-order valence-electron chi connectivity index (χ4n) is 1.68. The highest BCUT2D eigenvalue weighted by Gasteiger charge is 2.22. The number of nitrogens with zero attached hydrogens (tertiary/aromatic N) is 1. The minimum Gasteiger partial charge on any atom is -0.381 e. The van der Waals surface area contributed by atoms with Crippen LogP contribution in [-0.2, 0) is 4.79 Å². The van der Waals surface area contributed by atoms with Crippen LogP contribution in [0.4, 0.5) is 11.4 Å². The topological polar surface area (TPSA) is 113 Å². The summed E-state index contributed by atoms with van der Waals surface area (Å²) in [4.78, 5) is 33.7. The maximum Gasteiger partial charge on any atom is 0.294 e. The molecule has 2 amide bonds. The lowest BCUT2D eigenvalue weighted by molar-refractivity contribution is -0.383. The first-order chi connectivity index (χ1) is 9.81. The number of hydrogen-bond acceptors (Lipinski definition) is 5. The molecule has 0 spiro atoms. The summed E-state index contributed by atoms with van der Waals surface area (Å²) in [5.41, 5.74) is -0.193. The van der Waals surface area contributed by atoms with E-state index in [1.54, 1.807) is 0 Å². The fourth-order valence-corrected chi connectivity index (χ4v) is 1.99. The van der Waals surface area contributed by atoms with E-state index >= 15 is 0 Å². The zero-order chi connectivity index (χ0) is 16.2. The number of anilines is 1. The third-order valence-electron chi connectivity index (χ3n) is 2.77. The van der Waals surface area contributed by atoms with Crippen LogP contribution >= 0.6 is 11.6 Å². The van der Waals surface area contributed by atoms with Crippen molar-refractivity contribution in [3.05, 3.63) is 32.8 Å². The van der Waals surface area contributed by atoms with Gasteiger partial charge in [0, 0.05) is 25.7 Å². The second-order valence-corrected chi connectivity index (χ2v) is 4.58. The molecule has 0 heterocycles. The van der Waals surface area contributed by atoms with Crippen LogP contribution in [0.15, 0.2) is 12.1 Å². The number of amides is 2. The lowest BCUT2D eigenvalue weighted by Gasteiger charge is -2.13. The van der Waals surface area contributed by atoms with E-state index in [1.165, 1.54) is 27.1 Å². The Morgan fingerprint density at radius 3 is 2.43 bits per heavy atom. The fraction of sp³-hybridized carbons (Fsp3) is 0.333. The predicted octanol–water partition coefficient (Wildman–Crippen LogP) is 1.15. The molecule has 0 aliphatic heterocycles. The molecule has 0 saturated carbocycles. The van der Waals surface area contributed by atoms with E-state index in [2.05, 4.69) is 16.0 Å². The van der Waals surface area contributed by atoms with Crippen molar-refractivity contribution in [3.63, 3.8) is 0 Å².